The maximum absolute atomic E-state index is 9.09. The van der Waals surface area contributed by atoms with Crippen molar-refractivity contribution in [2.75, 3.05) is 0 Å². The number of benzene rings is 3. The normalized spacial score (nSPS) is 14.2. The van der Waals surface area contributed by atoms with E-state index in [0.29, 0.717) is 17.1 Å². The lowest BCUT2D eigenvalue weighted by Crippen LogP contribution is -2.36. The largest absolute Gasteiger partial charge is 0.440 e. The van der Waals surface area contributed by atoms with Crippen molar-refractivity contribution in [3.8, 4) is 17.6 Å². The Morgan fingerprint density at radius 2 is 1.26 bits per heavy atom. The van der Waals surface area contributed by atoms with E-state index in [1.807, 2.05) is 60.7 Å². The monoisotopic (exact) mass is 299 g/mol. The van der Waals surface area contributed by atoms with Gasteiger partial charge >= 0.3 is 5.79 Å². The molecule has 110 valence electrons. The van der Waals surface area contributed by atoms with Crippen molar-refractivity contribution in [1.82, 2.24) is 0 Å². The Morgan fingerprint density at radius 1 is 0.696 bits per heavy atom. The van der Waals surface area contributed by atoms with Gasteiger partial charge in [-0.2, -0.15) is 5.26 Å². The summed E-state index contributed by atoms with van der Waals surface area (Å²) in [6, 6.07) is 27.0. The van der Waals surface area contributed by atoms with Crippen molar-refractivity contribution in [1.29, 1.82) is 5.26 Å². The van der Waals surface area contributed by atoms with Gasteiger partial charge in [0, 0.05) is 17.2 Å². The predicted molar refractivity (Wildman–Crippen MR) is 86.1 cm³/mol. The molecule has 0 aromatic heterocycles. The SMILES string of the molecule is N#Cc1ccc2c(c1)OC(c1ccccc1)(c1ccccc1)O2. The average molecular weight is 299 g/mol. The lowest BCUT2D eigenvalue weighted by atomic mass is 9.97. The molecule has 0 atom stereocenters. The summed E-state index contributed by atoms with van der Waals surface area (Å²) in [6.45, 7) is 0. The maximum atomic E-state index is 9.09. The summed E-state index contributed by atoms with van der Waals surface area (Å²) in [5, 5.41) is 9.09. The van der Waals surface area contributed by atoms with Crippen molar-refractivity contribution in [2.45, 2.75) is 5.79 Å². The number of rotatable bonds is 2. The first kappa shape index (κ1) is 13.4. The van der Waals surface area contributed by atoms with E-state index in [1.165, 1.54) is 0 Å². The Morgan fingerprint density at radius 3 is 1.83 bits per heavy atom. The quantitative estimate of drug-likeness (QED) is 0.711. The van der Waals surface area contributed by atoms with E-state index in [0.717, 1.165) is 11.1 Å². The van der Waals surface area contributed by atoms with Crippen LogP contribution in [0.3, 0.4) is 0 Å². The first-order chi connectivity index (χ1) is 11.3. The minimum absolute atomic E-state index is 0.546. The van der Waals surface area contributed by atoms with Crippen molar-refractivity contribution >= 4 is 0 Å². The van der Waals surface area contributed by atoms with Crippen molar-refractivity contribution in [2.24, 2.45) is 0 Å². The lowest BCUT2D eigenvalue weighted by Gasteiger charge is -2.28. The summed E-state index contributed by atoms with van der Waals surface area (Å²) in [5.41, 5.74) is 2.35. The van der Waals surface area contributed by atoms with Gasteiger partial charge in [0.2, 0.25) is 0 Å². The van der Waals surface area contributed by atoms with Crippen LogP contribution in [0, 0.1) is 11.3 Å². The third-order valence-electron chi connectivity index (χ3n) is 3.89. The molecule has 0 unspecified atom stereocenters. The van der Waals surface area contributed by atoms with Crippen LogP contribution >= 0.6 is 0 Å². The Balaban J connectivity index is 1.89. The zero-order valence-corrected chi connectivity index (χ0v) is 12.3. The van der Waals surface area contributed by atoms with Crippen LogP contribution in [0.1, 0.15) is 16.7 Å². The fourth-order valence-electron chi connectivity index (χ4n) is 2.79. The van der Waals surface area contributed by atoms with Gasteiger partial charge in [-0.3, -0.25) is 0 Å². The van der Waals surface area contributed by atoms with Gasteiger partial charge in [-0.1, -0.05) is 60.7 Å². The second-order valence-corrected chi connectivity index (χ2v) is 5.33. The van der Waals surface area contributed by atoms with Gasteiger partial charge in [0.25, 0.3) is 0 Å². The molecule has 0 saturated carbocycles. The van der Waals surface area contributed by atoms with Crippen LogP contribution in [0.25, 0.3) is 0 Å². The molecule has 0 radical (unpaired) electrons. The van der Waals surface area contributed by atoms with E-state index >= 15 is 0 Å². The van der Waals surface area contributed by atoms with Crippen molar-refractivity contribution in [3.05, 3.63) is 95.6 Å². The Bertz CT molecular complexity index is 843. The first-order valence-electron chi connectivity index (χ1n) is 7.35. The highest BCUT2D eigenvalue weighted by atomic mass is 16.7. The fourth-order valence-corrected chi connectivity index (χ4v) is 2.79. The van der Waals surface area contributed by atoms with Crippen LogP contribution in [-0.2, 0) is 5.79 Å². The molecule has 0 aliphatic carbocycles. The summed E-state index contributed by atoms with van der Waals surface area (Å²) in [4.78, 5) is 0. The van der Waals surface area contributed by atoms with Gasteiger partial charge in [0.05, 0.1) is 11.6 Å². The zero-order chi connectivity index (χ0) is 15.7. The summed E-state index contributed by atoms with van der Waals surface area (Å²) in [7, 11) is 0. The van der Waals surface area contributed by atoms with Crippen LogP contribution < -0.4 is 9.47 Å². The number of ether oxygens (including phenoxy) is 2. The smallest absolute Gasteiger partial charge is 0.305 e. The number of hydrogen-bond donors (Lipinski definition) is 0. The van der Waals surface area contributed by atoms with E-state index in [4.69, 9.17) is 14.7 Å². The summed E-state index contributed by atoms with van der Waals surface area (Å²) >= 11 is 0. The van der Waals surface area contributed by atoms with Crippen LogP contribution in [-0.4, -0.2) is 0 Å². The van der Waals surface area contributed by atoms with Gasteiger partial charge in [0.1, 0.15) is 0 Å². The van der Waals surface area contributed by atoms with Gasteiger partial charge in [-0.15, -0.1) is 0 Å². The molecule has 0 saturated heterocycles. The minimum Gasteiger partial charge on any atom is -0.440 e. The third kappa shape index (κ3) is 2.13. The van der Waals surface area contributed by atoms with Crippen LogP contribution in [0.4, 0.5) is 0 Å². The highest BCUT2D eigenvalue weighted by molar-refractivity contribution is 5.52. The Labute approximate surface area is 134 Å². The van der Waals surface area contributed by atoms with Gasteiger partial charge in [0.15, 0.2) is 11.5 Å². The Kier molecular flexibility index (Phi) is 3.03. The molecule has 1 heterocycles. The first-order valence-corrected chi connectivity index (χ1v) is 7.35. The molecule has 0 N–H and O–H groups in total. The molecule has 0 amide bonds. The standard InChI is InChI=1S/C20H13NO2/c21-14-15-11-12-18-19(13-15)23-20(22-18,16-7-3-1-4-8-16)17-9-5-2-6-10-17/h1-13H. The number of nitrogens with zero attached hydrogens (tertiary/aromatic N) is 1. The molecular formula is C20H13NO2. The highest BCUT2D eigenvalue weighted by Gasteiger charge is 2.45. The zero-order valence-electron chi connectivity index (χ0n) is 12.3. The highest BCUT2D eigenvalue weighted by Crippen LogP contribution is 2.47. The second-order valence-electron chi connectivity index (χ2n) is 5.33. The van der Waals surface area contributed by atoms with Crippen molar-refractivity contribution < 1.29 is 9.47 Å². The lowest BCUT2D eigenvalue weighted by molar-refractivity contribution is -0.0459. The van der Waals surface area contributed by atoms with E-state index < -0.39 is 5.79 Å². The summed E-state index contributed by atoms with van der Waals surface area (Å²) in [5.74, 6) is 0.187. The molecule has 3 heteroatoms. The van der Waals surface area contributed by atoms with Crippen LogP contribution in [0.15, 0.2) is 78.9 Å². The number of fused-ring (bicyclic) bond motifs is 1. The van der Waals surface area contributed by atoms with Gasteiger partial charge in [-0.25, -0.2) is 0 Å². The summed E-state index contributed by atoms with van der Waals surface area (Å²) < 4.78 is 12.5. The molecule has 1 aliphatic heterocycles. The minimum atomic E-state index is -1.03. The molecule has 3 aromatic carbocycles. The van der Waals surface area contributed by atoms with Crippen molar-refractivity contribution in [3.63, 3.8) is 0 Å². The Hall–Kier alpha value is -3.25. The topological polar surface area (TPSA) is 42.2 Å². The maximum Gasteiger partial charge on any atom is 0.305 e. The third-order valence-corrected chi connectivity index (χ3v) is 3.89. The number of hydrogen-bond acceptors (Lipinski definition) is 3. The van der Waals surface area contributed by atoms with E-state index in [2.05, 4.69) is 6.07 Å². The van der Waals surface area contributed by atoms with E-state index in [9.17, 15) is 0 Å². The van der Waals surface area contributed by atoms with Gasteiger partial charge < -0.3 is 9.47 Å². The van der Waals surface area contributed by atoms with E-state index in [1.54, 1.807) is 18.2 Å². The van der Waals surface area contributed by atoms with Crippen LogP contribution in [0.5, 0.6) is 11.5 Å². The summed E-state index contributed by atoms with van der Waals surface area (Å²) in [6.07, 6.45) is 0. The molecular weight excluding hydrogens is 286 g/mol. The second kappa shape index (κ2) is 5.19. The fraction of sp³-hybridized carbons (Fsp3) is 0.0500. The molecule has 3 aromatic rings. The molecule has 0 bridgehead atoms. The molecule has 1 aliphatic rings. The van der Waals surface area contributed by atoms with Gasteiger partial charge in [-0.05, 0) is 12.1 Å². The number of nitriles is 1. The molecule has 23 heavy (non-hydrogen) atoms. The van der Waals surface area contributed by atoms with E-state index in [-0.39, 0.29) is 0 Å². The molecule has 0 spiro atoms. The molecule has 3 nitrogen and oxygen atoms in total. The average Bonchev–Trinajstić information content (AvgIpc) is 3.03. The molecule has 0 fully saturated rings. The predicted octanol–water partition coefficient (Wildman–Crippen LogP) is 4.23. The molecule has 4 rings (SSSR count). The van der Waals surface area contributed by atoms with Crippen LogP contribution in [0.2, 0.25) is 0 Å².